The maximum absolute atomic E-state index is 10.2. The minimum absolute atomic E-state index is 0. The molecule has 11 heavy (non-hydrogen) atoms. The van der Waals surface area contributed by atoms with Crippen LogP contribution in [0.3, 0.4) is 0 Å². The summed E-state index contributed by atoms with van der Waals surface area (Å²) in [4.78, 5) is 10.1. The Kier molecular flexibility index (Phi) is 4.38. The summed E-state index contributed by atoms with van der Waals surface area (Å²) in [5.41, 5.74) is 0. The van der Waals surface area contributed by atoms with Gasteiger partial charge in [-0.2, -0.15) is 0 Å². The smallest absolute Gasteiger partial charge is 0.850 e. The Bertz CT molecular complexity index is 250. The maximum atomic E-state index is 10.2. The van der Waals surface area contributed by atoms with Crippen LogP contribution in [0.1, 0.15) is 4.88 Å². The average molecular weight is 165 g/mol. The summed E-state index contributed by atoms with van der Waals surface area (Å²) >= 11 is 0.929. The van der Waals surface area contributed by atoms with Crippen molar-refractivity contribution in [3.63, 3.8) is 0 Å². The Labute approximate surface area is 79.2 Å². The molecule has 0 aromatic carbocycles. The summed E-state index contributed by atoms with van der Waals surface area (Å²) in [6.45, 7) is -0.376. The van der Waals surface area contributed by atoms with Gasteiger partial charge >= 0.3 is 23.9 Å². The second-order valence-electron chi connectivity index (χ2n) is 1.64. The number of hydrogen-bond donors (Lipinski definition) is 0. The van der Waals surface area contributed by atoms with Crippen LogP contribution < -0.4 is 24.0 Å². The van der Waals surface area contributed by atoms with E-state index in [-0.39, 0.29) is 30.5 Å². The van der Waals surface area contributed by atoms with Gasteiger partial charge < -0.3 is 5.11 Å². The van der Waals surface area contributed by atoms with Gasteiger partial charge in [0.05, 0.1) is 4.92 Å². The molecule has 1 aromatic rings. The Balaban J connectivity index is 0.000001000. The van der Waals surface area contributed by atoms with Crippen LogP contribution in [-0.4, -0.2) is 4.92 Å². The van der Waals surface area contributed by atoms with E-state index in [1.807, 2.05) is 0 Å². The predicted octanol–water partition coefficient (Wildman–Crippen LogP) is -2.48. The molecular formula is C5H4LiNO3S. The van der Waals surface area contributed by atoms with Crippen molar-refractivity contribution >= 4 is 16.3 Å². The van der Waals surface area contributed by atoms with Crippen molar-refractivity contribution in [1.29, 1.82) is 0 Å². The van der Waals surface area contributed by atoms with Crippen molar-refractivity contribution in [2.75, 3.05) is 0 Å². The van der Waals surface area contributed by atoms with Gasteiger partial charge in [0.25, 0.3) is 0 Å². The van der Waals surface area contributed by atoms with E-state index in [4.69, 9.17) is 0 Å². The number of nitro groups is 1. The maximum Gasteiger partial charge on any atom is 1.00 e. The summed E-state index contributed by atoms with van der Waals surface area (Å²) in [6.07, 6.45) is 0. The number of thiophene rings is 1. The zero-order valence-electron chi connectivity index (χ0n) is 5.94. The molecule has 0 aliphatic heterocycles. The first-order valence-electron chi connectivity index (χ1n) is 2.55. The minimum atomic E-state index is -0.496. The predicted molar refractivity (Wildman–Crippen MR) is 34.7 cm³/mol. The summed E-state index contributed by atoms with van der Waals surface area (Å²) < 4.78 is 0. The van der Waals surface area contributed by atoms with Crippen molar-refractivity contribution in [3.05, 3.63) is 27.1 Å². The molecule has 0 radical (unpaired) electrons. The van der Waals surface area contributed by atoms with Crippen LogP contribution in [0.4, 0.5) is 5.00 Å². The second kappa shape index (κ2) is 4.52. The fourth-order valence-corrected chi connectivity index (χ4v) is 1.22. The van der Waals surface area contributed by atoms with E-state index in [0.29, 0.717) is 4.88 Å². The van der Waals surface area contributed by atoms with E-state index in [0.717, 1.165) is 11.3 Å². The average Bonchev–Trinajstić information content (AvgIpc) is 2.34. The third kappa shape index (κ3) is 2.64. The van der Waals surface area contributed by atoms with Gasteiger partial charge in [-0.15, -0.1) is 6.61 Å². The molecule has 54 valence electrons. The topological polar surface area (TPSA) is 66.2 Å². The molecule has 0 N–H and O–H groups in total. The standard InChI is InChI=1S/C5H4NO3S.Li/c7-3-4-1-2-5(10-4)6(8)9;/h1-2H,3H2;/q-1;+1. The first-order chi connectivity index (χ1) is 4.74. The summed E-state index contributed by atoms with van der Waals surface area (Å²) in [5, 5.41) is 20.2. The molecule has 0 unspecified atom stereocenters. The van der Waals surface area contributed by atoms with Crippen molar-refractivity contribution in [3.8, 4) is 0 Å². The van der Waals surface area contributed by atoms with Crippen LogP contribution >= 0.6 is 11.3 Å². The van der Waals surface area contributed by atoms with Gasteiger partial charge in [-0.1, -0.05) is 11.3 Å². The van der Waals surface area contributed by atoms with E-state index in [1.54, 1.807) is 0 Å². The molecular weight excluding hydrogens is 161 g/mol. The molecule has 6 heteroatoms. The molecule has 0 saturated carbocycles. The largest absolute Gasteiger partial charge is 1.00 e. The first-order valence-corrected chi connectivity index (χ1v) is 3.37. The summed E-state index contributed by atoms with van der Waals surface area (Å²) in [5.74, 6) is 0. The molecule has 0 aliphatic carbocycles. The fraction of sp³-hybridized carbons (Fsp3) is 0.200. The van der Waals surface area contributed by atoms with Crippen LogP contribution in [0.2, 0.25) is 0 Å². The number of hydrogen-bond acceptors (Lipinski definition) is 4. The SMILES string of the molecule is O=[N+]([O-])c1ccc(C[O-])s1.[Li+]. The van der Waals surface area contributed by atoms with Crippen molar-refractivity contribution in [2.24, 2.45) is 0 Å². The minimum Gasteiger partial charge on any atom is -0.850 e. The molecule has 1 heterocycles. The molecule has 0 aliphatic rings. The van der Waals surface area contributed by atoms with E-state index < -0.39 is 4.92 Å². The van der Waals surface area contributed by atoms with Gasteiger partial charge in [-0.25, -0.2) is 0 Å². The molecule has 0 fully saturated rings. The Hall–Kier alpha value is -0.343. The molecule has 0 spiro atoms. The Morgan fingerprint density at radius 1 is 1.55 bits per heavy atom. The van der Waals surface area contributed by atoms with Crippen LogP contribution in [0.15, 0.2) is 12.1 Å². The zero-order chi connectivity index (χ0) is 7.56. The molecule has 0 atom stereocenters. The molecule has 0 amide bonds. The molecule has 4 nitrogen and oxygen atoms in total. The van der Waals surface area contributed by atoms with Gasteiger partial charge in [-0.3, -0.25) is 10.1 Å². The molecule has 0 bridgehead atoms. The third-order valence-electron chi connectivity index (χ3n) is 0.970. The van der Waals surface area contributed by atoms with Crippen LogP contribution in [0.25, 0.3) is 0 Å². The van der Waals surface area contributed by atoms with E-state index in [1.165, 1.54) is 12.1 Å². The Morgan fingerprint density at radius 3 is 2.45 bits per heavy atom. The van der Waals surface area contributed by atoms with E-state index >= 15 is 0 Å². The van der Waals surface area contributed by atoms with Gasteiger partial charge in [0.15, 0.2) is 0 Å². The summed E-state index contributed by atoms with van der Waals surface area (Å²) in [7, 11) is 0. The van der Waals surface area contributed by atoms with Gasteiger partial charge in [0.1, 0.15) is 0 Å². The molecule has 0 saturated heterocycles. The van der Waals surface area contributed by atoms with Gasteiger partial charge in [0.2, 0.25) is 0 Å². The number of nitrogens with zero attached hydrogens (tertiary/aromatic N) is 1. The van der Waals surface area contributed by atoms with Crippen molar-refractivity contribution in [1.82, 2.24) is 0 Å². The van der Waals surface area contributed by atoms with E-state index in [9.17, 15) is 15.2 Å². The van der Waals surface area contributed by atoms with Crippen LogP contribution in [0.5, 0.6) is 0 Å². The number of rotatable bonds is 2. The van der Waals surface area contributed by atoms with Crippen molar-refractivity contribution < 1.29 is 28.9 Å². The first kappa shape index (κ1) is 10.7. The van der Waals surface area contributed by atoms with Crippen LogP contribution in [0, 0.1) is 10.1 Å². The van der Waals surface area contributed by atoms with Crippen molar-refractivity contribution in [2.45, 2.75) is 6.61 Å². The quantitative estimate of drug-likeness (QED) is 0.277. The monoisotopic (exact) mass is 165 g/mol. The summed E-state index contributed by atoms with van der Waals surface area (Å²) in [6, 6.07) is 2.83. The fourth-order valence-electron chi connectivity index (χ4n) is 0.542. The Morgan fingerprint density at radius 2 is 2.18 bits per heavy atom. The van der Waals surface area contributed by atoms with Gasteiger partial charge in [-0.05, 0) is 10.9 Å². The molecule has 1 aromatic heterocycles. The molecule has 1 rings (SSSR count). The third-order valence-corrected chi connectivity index (χ3v) is 1.98. The second-order valence-corrected chi connectivity index (χ2v) is 2.79. The zero-order valence-corrected chi connectivity index (χ0v) is 6.76. The normalized spacial score (nSPS) is 8.82. The van der Waals surface area contributed by atoms with E-state index in [2.05, 4.69) is 0 Å². The van der Waals surface area contributed by atoms with Crippen LogP contribution in [-0.2, 0) is 6.61 Å². The van der Waals surface area contributed by atoms with Gasteiger partial charge in [0, 0.05) is 6.07 Å².